The molecule has 21 heavy (non-hydrogen) atoms. The van der Waals surface area contributed by atoms with Crippen LogP contribution in [0.25, 0.3) is 21.8 Å². The van der Waals surface area contributed by atoms with Gasteiger partial charge >= 0.3 is 0 Å². The van der Waals surface area contributed by atoms with Crippen LogP contribution < -0.4 is 0 Å². The van der Waals surface area contributed by atoms with Gasteiger partial charge in [-0.05, 0) is 37.3 Å². The highest BCUT2D eigenvalue weighted by molar-refractivity contribution is 5.79. The molecule has 0 N–H and O–H groups in total. The molecule has 0 saturated carbocycles. The number of fused-ring (bicyclic) bond motifs is 2. The van der Waals surface area contributed by atoms with Crippen molar-refractivity contribution in [3.63, 3.8) is 0 Å². The van der Waals surface area contributed by atoms with Crippen molar-refractivity contribution in [1.82, 2.24) is 9.97 Å². The van der Waals surface area contributed by atoms with E-state index in [1.54, 1.807) is 0 Å². The van der Waals surface area contributed by atoms with E-state index in [-0.39, 0.29) is 0 Å². The summed E-state index contributed by atoms with van der Waals surface area (Å²) >= 11 is 0. The van der Waals surface area contributed by atoms with E-state index >= 15 is 0 Å². The normalized spacial score (nSPS) is 10.1. The van der Waals surface area contributed by atoms with Gasteiger partial charge in [0.2, 0.25) is 0 Å². The summed E-state index contributed by atoms with van der Waals surface area (Å²) in [6.07, 6.45) is 3.62. The van der Waals surface area contributed by atoms with Crippen LogP contribution in [0, 0.1) is 6.92 Å². The minimum Gasteiger partial charge on any atom is -0.256 e. The molecule has 0 amide bonds. The van der Waals surface area contributed by atoms with Crippen LogP contribution in [0.4, 0.5) is 0 Å². The van der Waals surface area contributed by atoms with Gasteiger partial charge in [0.1, 0.15) is 0 Å². The molecule has 4 aromatic rings. The zero-order chi connectivity index (χ0) is 14.5. The summed E-state index contributed by atoms with van der Waals surface area (Å²) in [5.41, 5.74) is 3.41. The van der Waals surface area contributed by atoms with E-state index in [1.807, 2.05) is 48.8 Å². The topological polar surface area (TPSA) is 25.8 Å². The third kappa shape index (κ3) is 3.23. The lowest BCUT2D eigenvalue weighted by molar-refractivity contribution is 1.39. The van der Waals surface area contributed by atoms with Crippen LogP contribution in [0.2, 0.25) is 0 Å². The van der Waals surface area contributed by atoms with Gasteiger partial charge in [0.15, 0.2) is 0 Å². The number of hydrogen-bond acceptors (Lipinski definition) is 2. The molecule has 0 aliphatic rings. The summed E-state index contributed by atoms with van der Waals surface area (Å²) in [6, 6.07) is 22.4. The Bertz CT molecular complexity index is 803. The second-order valence-corrected chi connectivity index (χ2v) is 4.90. The number of pyridine rings is 2. The monoisotopic (exact) mass is 272 g/mol. The maximum Gasteiger partial charge on any atom is 0.0702 e. The third-order valence-corrected chi connectivity index (χ3v) is 3.27. The molecule has 0 radical (unpaired) electrons. The highest BCUT2D eigenvalue weighted by Crippen LogP contribution is 2.11. The van der Waals surface area contributed by atoms with Gasteiger partial charge in [-0.25, -0.2) is 0 Å². The number of aromatic nitrogens is 2. The van der Waals surface area contributed by atoms with Gasteiger partial charge in [-0.15, -0.1) is 0 Å². The molecule has 0 bridgehead atoms. The minimum absolute atomic E-state index is 1.06. The molecule has 4 rings (SSSR count). The Labute approximate surface area is 124 Å². The van der Waals surface area contributed by atoms with Crippen molar-refractivity contribution in [3.8, 4) is 0 Å². The number of aryl methyl sites for hydroxylation is 1. The minimum atomic E-state index is 1.06. The summed E-state index contributed by atoms with van der Waals surface area (Å²) in [4.78, 5) is 8.40. The van der Waals surface area contributed by atoms with E-state index in [0.717, 1.165) is 11.0 Å². The molecule has 2 heteroatoms. The number of rotatable bonds is 0. The predicted molar refractivity (Wildman–Crippen MR) is 88.2 cm³/mol. The van der Waals surface area contributed by atoms with Crippen LogP contribution in [0.1, 0.15) is 5.56 Å². The number of benzene rings is 2. The van der Waals surface area contributed by atoms with Crippen molar-refractivity contribution in [2.75, 3.05) is 0 Å². The molecule has 2 nitrogen and oxygen atoms in total. The maximum absolute atomic E-state index is 4.22. The Morgan fingerprint density at radius 2 is 1.24 bits per heavy atom. The van der Waals surface area contributed by atoms with E-state index in [9.17, 15) is 0 Å². The lowest BCUT2D eigenvalue weighted by atomic mass is 10.1. The van der Waals surface area contributed by atoms with Gasteiger partial charge in [0.25, 0.3) is 0 Å². The molecule has 0 aliphatic heterocycles. The van der Waals surface area contributed by atoms with Crippen molar-refractivity contribution < 1.29 is 0 Å². The van der Waals surface area contributed by atoms with Gasteiger partial charge in [-0.2, -0.15) is 0 Å². The largest absolute Gasteiger partial charge is 0.256 e. The summed E-state index contributed by atoms with van der Waals surface area (Å²) in [6.45, 7) is 2.09. The smallest absolute Gasteiger partial charge is 0.0702 e. The Morgan fingerprint density at radius 1 is 0.619 bits per heavy atom. The fourth-order valence-electron chi connectivity index (χ4n) is 2.21. The fourth-order valence-corrected chi connectivity index (χ4v) is 2.21. The van der Waals surface area contributed by atoms with Crippen LogP contribution in [-0.4, -0.2) is 9.97 Å². The first-order valence-corrected chi connectivity index (χ1v) is 6.94. The van der Waals surface area contributed by atoms with E-state index in [4.69, 9.17) is 0 Å². The van der Waals surface area contributed by atoms with E-state index in [1.165, 1.54) is 16.3 Å². The summed E-state index contributed by atoms with van der Waals surface area (Å²) in [7, 11) is 0. The zero-order valence-electron chi connectivity index (χ0n) is 11.9. The molecule has 0 spiro atoms. The van der Waals surface area contributed by atoms with Crippen LogP contribution in [-0.2, 0) is 0 Å². The Hall–Kier alpha value is -2.74. The average molecular weight is 272 g/mol. The lowest BCUT2D eigenvalue weighted by Crippen LogP contribution is -1.77. The molecule has 2 aromatic carbocycles. The van der Waals surface area contributed by atoms with Gasteiger partial charge in [-0.3, -0.25) is 9.97 Å². The van der Waals surface area contributed by atoms with Gasteiger partial charge < -0.3 is 0 Å². The van der Waals surface area contributed by atoms with Crippen LogP contribution in [0.5, 0.6) is 0 Å². The van der Waals surface area contributed by atoms with Gasteiger partial charge in [0, 0.05) is 23.2 Å². The van der Waals surface area contributed by atoms with Crippen LogP contribution in [0.15, 0.2) is 79.1 Å². The molecule has 102 valence electrons. The maximum atomic E-state index is 4.22. The first-order chi connectivity index (χ1) is 10.3. The van der Waals surface area contributed by atoms with Crippen molar-refractivity contribution >= 4 is 21.8 Å². The first-order valence-electron chi connectivity index (χ1n) is 6.94. The average Bonchev–Trinajstić information content (AvgIpc) is 2.55. The molecule has 0 fully saturated rings. The van der Waals surface area contributed by atoms with Crippen LogP contribution >= 0.6 is 0 Å². The summed E-state index contributed by atoms with van der Waals surface area (Å²) < 4.78 is 0. The predicted octanol–water partition coefficient (Wildman–Crippen LogP) is 4.78. The van der Waals surface area contributed by atoms with Crippen molar-refractivity contribution in [1.29, 1.82) is 0 Å². The number of hydrogen-bond donors (Lipinski definition) is 0. The van der Waals surface area contributed by atoms with Crippen molar-refractivity contribution in [2.24, 2.45) is 0 Å². The molecule has 0 saturated heterocycles. The Kier molecular flexibility index (Phi) is 3.88. The lowest BCUT2D eigenvalue weighted by Gasteiger charge is -1.95. The molecule has 2 aromatic heterocycles. The summed E-state index contributed by atoms with van der Waals surface area (Å²) in [5.74, 6) is 0. The molecule has 2 heterocycles. The quantitative estimate of drug-likeness (QED) is 0.460. The van der Waals surface area contributed by atoms with E-state index < -0.39 is 0 Å². The standard InChI is InChI=1S/C10H9N.C9H7N/c1-8-4-5-10-9(7-8)3-2-6-11-10;1-2-6-9-8(4-1)5-3-7-10-9/h2-7H,1H3;1-7H. The summed E-state index contributed by atoms with van der Waals surface area (Å²) in [5, 5.41) is 2.41. The molecular weight excluding hydrogens is 256 g/mol. The first kappa shape index (κ1) is 13.3. The molecule has 0 unspecified atom stereocenters. The second-order valence-electron chi connectivity index (χ2n) is 4.90. The number of para-hydroxylation sites is 1. The van der Waals surface area contributed by atoms with Gasteiger partial charge in [-0.1, -0.05) is 42.0 Å². The number of nitrogens with zero attached hydrogens (tertiary/aromatic N) is 2. The van der Waals surface area contributed by atoms with Crippen molar-refractivity contribution in [2.45, 2.75) is 6.92 Å². The van der Waals surface area contributed by atoms with Crippen LogP contribution in [0.3, 0.4) is 0 Å². The SMILES string of the molecule is Cc1ccc2ncccc2c1.c1ccc2ncccc2c1. The Balaban J connectivity index is 0.000000126. The fraction of sp³-hybridized carbons (Fsp3) is 0.0526. The van der Waals surface area contributed by atoms with Crippen molar-refractivity contribution in [3.05, 3.63) is 84.7 Å². The third-order valence-electron chi connectivity index (χ3n) is 3.27. The highest BCUT2D eigenvalue weighted by atomic mass is 14.6. The zero-order valence-corrected chi connectivity index (χ0v) is 11.9. The molecule has 0 atom stereocenters. The second kappa shape index (κ2) is 6.14. The van der Waals surface area contributed by atoms with E-state index in [0.29, 0.717) is 0 Å². The Morgan fingerprint density at radius 3 is 2.00 bits per heavy atom. The van der Waals surface area contributed by atoms with E-state index in [2.05, 4.69) is 47.2 Å². The molecule has 0 aliphatic carbocycles. The molecular formula is C19H16N2. The van der Waals surface area contributed by atoms with Gasteiger partial charge in [0.05, 0.1) is 11.0 Å². The highest BCUT2D eigenvalue weighted by Gasteiger charge is 1.91.